The highest BCUT2D eigenvalue weighted by Crippen LogP contribution is 2.43. The number of hydrogen-bond acceptors (Lipinski definition) is 3. The molecule has 2 heterocycles. The van der Waals surface area contributed by atoms with Gasteiger partial charge in [-0.15, -0.1) is 0 Å². The molecule has 1 atom stereocenters. The van der Waals surface area contributed by atoms with E-state index in [1.54, 1.807) is 0 Å². The normalized spacial score (nSPS) is 21.4. The number of piperidine rings is 1. The molecule has 6 nitrogen and oxygen atoms in total. The van der Waals surface area contributed by atoms with Gasteiger partial charge in [0.25, 0.3) is 0 Å². The summed E-state index contributed by atoms with van der Waals surface area (Å²) in [5, 5.41) is 5.84. The Morgan fingerprint density at radius 1 is 1.27 bits per heavy atom. The first-order chi connectivity index (χ1) is 12.4. The second-order valence-electron chi connectivity index (χ2n) is 7.62. The Balaban J connectivity index is 1.75. The van der Waals surface area contributed by atoms with Gasteiger partial charge in [-0.1, -0.05) is 24.3 Å². The van der Waals surface area contributed by atoms with Crippen LogP contribution in [0.25, 0.3) is 0 Å². The van der Waals surface area contributed by atoms with Crippen LogP contribution in [0, 0.1) is 0 Å². The molecule has 142 valence electrons. The SMILES string of the molecule is CC(=O)NCC1Cc2ccccc2C2(CCN(C(=O)NC(C)C)CC2)O1. The topological polar surface area (TPSA) is 70.7 Å². The first kappa shape index (κ1) is 18.7. The highest BCUT2D eigenvalue weighted by atomic mass is 16.5. The molecule has 1 unspecified atom stereocenters. The van der Waals surface area contributed by atoms with Crippen molar-refractivity contribution in [3.8, 4) is 0 Å². The Morgan fingerprint density at radius 2 is 1.96 bits per heavy atom. The molecule has 1 aromatic rings. The molecule has 2 aliphatic rings. The average Bonchev–Trinajstić information content (AvgIpc) is 2.60. The number of fused-ring (bicyclic) bond motifs is 2. The van der Waals surface area contributed by atoms with Crippen LogP contribution in [0.2, 0.25) is 0 Å². The van der Waals surface area contributed by atoms with Gasteiger partial charge in [-0.25, -0.2) is 4.79 Å². The summed E-state index contributed by atoms with van der Waals surface area (Å²) in [7, 11) is 0. The van der Waals surface area contributed by atoms with E-state index in [2.05, 4.69) is 34.9 Å². The quantitative estimate of drug-likeness (QED) is 0.869. The van der Waals surface area contributed by atoms with Gasteiger partial charge in [0, 0.05) is 39.0 Å². The summed E-state index contributed by atoms with van der Waals surface area (Å²) in [5.74, 6) is -0.0401. The molecule has 0 radical (unpaired) electrons. The first-order valence-electron chi connectivity index (χ1n) is 9.46. The van der Waals surface area contributed by atoms with Crippen molar-refractivity contribution in [3.63, 3.8) is 0 Å². The number of hydrogen-bond donors (Lipinski definition) is 2. The van der Waals surface area contributed by atoms with E-state index in [9.17, 15) is 9.59 Å². The summed E-state index contributed by atoms with van der Waals surface area (Å²) in [6.07, 6.45) is 2.30. The maximum absolute atomic E-state index is 12.3. The Bertz CT molecular complexity index is 666. The van der Waals surface area contributed by atoms with Gasteiger partial charge in [-0.3, -0.25) is 4.79 Å². The molecule has 0 aromatic heterocycles. The van der Waals surface area contributed by atoms with E-state index in [4.69, 9.17) is 4.74 Å². The lowest BCUT2D eigenvalue weighted by Crippen LogP contribution is -2.54. The third-order valence-corrected chi connectivity index (χ3v) is 5.20. The number of nitrogens with zero attached hydrogens (tertiary/aromatic N) is 1. The lowest BCUT2D eigenvalue weighted by Gasteiger charge is -2.47. The standard InChI is InChI=1S/C20H29N3O3/c1-14(2)22-19(25)23-10-8-20(9-11-23)18-7-5-4-6-16(18)12-17(26-20)13-21-15(3)24/h4-7,14,17H,8-13H2,1-3H3,(H,21,24)(H,22,25). The van der Waals surface area contributed by atoms with E-state index in [-0.39, 0.29) is 29.7 Å². The number of urea groups is 1. The lowest BCUT2D eigenvalue weighted by molar-refractivity contribution is -0.138. The number of carbonyl (C=O) groups is 2. The van der Waals surface area contributed by atoms with Crippen LogP contribution in [0.3, 0.4) is 0 Å². The van der Waals surface area contributed by atoms with Gasteiger partial charge < -0.3 is 20.3 Å². The average molecular weight is 359 g/mol. The summed E-state index contributed by atoms with van der Waals surface area (Å²) in [6.45, 7) is 7.31. The Kier molecular flexibility index (Phi) is 5.51. The summed E-state index contributed by atoms with van der Waals surface area (Å²) in [6, 6.07) is 8.53. The molecule has 2 N–H and O–H groups in total. The van der Waals surface area contributed by atoms with Crippen molar-refractivity contribution in [3.05, 3.63) is 35.4 Å². The minimum absolute atomic E-state index is 0.00580. The van der Waals surface area contributed by atoms with E-state index < -0.39 is 0 Å². The number of ether oxygens (including phenoxy) is 1. The molecule has 1 spiro atoms. The fraction of sp³-hybridized carbons (Fsp3) is 0.600. The highest BCUT2D eigenvalue weighted by molar-refractivity contribution is 5.74. The van der Waals surface area contributed by atoms with Gasteiger partial charge in [-0.05, 0) is 37.8 Å². The number of rotatable bonds is 3. The van der Waals surface area contributed by atoms with Crippen LogP contribution in [0.5, 0.6) is 0 Å². The minimum Gasteiger partial charge on any atom is -0.365 e. The van der Waals surface area contributed by atoms with E-state index in [1.165, 1.54) is 18.1 Å². The number of likely N-dealkylation sites (tertiary alicyclic amines) is 1. The van der Waals surface area contributed by atoms with Crippen LogP contribution in [0.4, 0.5) is 4.79 Å². The molecule has 0 aliphatic carbocycles. The summed E-state index contributed by atoms with van der Waals surface area (Å²) < 4.78 is 6.53. The molecule has 2 aliphatic heterocycles. The number of carbonyl (C=O) groups excluding carboxylic acids is 2. The molecular formula is C20H29N3O3. The maximum atomic E-state index is 12.3. The lowest BCUT2D eigenvalue weighted by atomic mass is 9.78. The van der Waals surface area contributed by atoms with Gasteiger partial charge in [0.05, 0.1) is 11.7 Å². The van der Waals surface area contributed by atoms with Gasteiger partial charge in [-0.2, -0.15) is 0 Å². The Morgan fingerprint density at radius 3 is 2.62 bits per heavy atom. The van der Waals surface area contributed by atoms with E-state index in [1.807, 2.05) is 18.7 Å². The first-order valence-corrected chi connectivity index (χ1v) is 9.46. The molecule has 6 heteroatoms. The fourth-order valence-electron chi connectivity index (χ4n) is 3.98. The summed E-state index contributed by atoms with van der Waals surface area (Å²) >= 11 is 0. The zero-order valence-corrected chi connectivity index (χ0v) is 15.9. The van der Waals surface area contributed by atoms with Crippen LogP contribution < -0.4 is 10.6 Å². The second-order valence-corrected chi connectivity index (χ2v) is 7.62. The molecule has 26 heavy (non-hydrogen) atoms. The third-order valence-electron chi connectivity index (χ3n) is 5.20. The number of benzene rings is 1. The smallest absolute Gasteiger partial charge is 0.317 e. The molecular weight excluding hydrogens is 330 g/mol. The molecule has 1 aromatic carbocycles. The van der Waals surface area contributed by atoms with Crippen LogP contribution in [-0.4, -0.2) is 48.6 Å². The largest absolute Gasteiger partial charge is 0.365 e. The van der Waals surface area contributed by atoms with Crippen molar-refractivity contribution < 1.29 is 14.3 Å². The van der Waals surface area contributed by atoms with E-state index >= 15 is 0 Å². The summed E-state index contributed by atoms with van der Waals surface area (Å²) in [4.78, 5) is 25.5. The van der Waals surface area contributed by atoms with E-state index in [0.29, 0.717) is 19.6 Å². The molecule has 3 amide bonds. The van der Waals surface area contributed by atoms with Gasteiger partial charge in [0.2, 0.25) is 5.91 Å². The number of amides is 3. The molecule has 1 saturated heterocycles. The predicted octanol–water partition coefficient (Wildman–Crippen LogP) is 2.17. The van der Waals surface area contributed by atoms with Crippen LogP contribution in [0.15, 0.2) is 24.3 Å². The van der Waals surface area contributed by atoms with Crippen molar-refractivity contribution in [1.82, 2.24) is 15.5 Å². The van der Waals surface area contributed by atoms with Gasteiger partial charge in [0.1, 0.15) is 0 Å². The van der Waals surface area contributed by atoms with Crippen molar-refractivity contribution in [1.29, 1.82) is 0 Å². The maximum Gasteiger partial charge on any atom is 0.317 e. The fourth-order valence-corrected chi connectivity index (χ4v) is 3.98. The predicted molar refractivity (Wildman–Crippen MR) is 99.9 cm³/mol. The molecule has 0 saturated carbocycles. The zero-order valence-electron chi connectivity index (χ0n) is 15.9. The third kappa shape index (κ3) is 4.01. The zero-order chi connectivity index (χ0) is 18.7. The summed E-state index contributed by atoms with van der Waals surface area (Å²) in [5.41, 5.74) is 2.16. The van der Waals surface area contributed by atoms with Crippen molar-refractivity contribution >= 4 is 11.9 Å². The van der Waals surface area contributed by atoms with Crippen molar-refractivity contribution in [2.75, 3.05) is 19.6 Å². The van der Waals surface area contributed by atoms with Crippen LogP contribution in [-0.2, 0) is 21.6 Å². The second kappa shape index (κ2) is 7.66. The number of nitrogens with one attached hydrogen (secondary N) is 2. The highest BCUT2D eigenvalue weighted by Gasteiger charge is 2.44. The Labute approximate surface area is 155 Å². The van der Waals surface area contributed by atoms with Gasteiger partial charge >= 0.3 is 6.03 Å². The molecule has 0 bridgehead atoms. The van der Waals surface area contributed by atoms with Crippen molar-refractivity contribution in [2.45, 2.75) is 57.8 Å². The van der Waals surface area contributed by atoms with Crippen molar-refractivity contribution in [2.24, 2.45) is 0 Å². The Hall–Kier alpha value is -2.08. The van der Waals surface area contributed by atoms with Crippen LogP contribution >= 0.6 is 0 Å². The van der Waals surface area contributed by atoms with E-state index in [0.717, 1.165) is 19.3 Å². The molecule has 1 fully saturated rings. The van der Waals surface area contributed by atoms with Crippen LogP contribution in [0.1, 0.15) is 44.7 Å². The monoisotopic (exact) mass is 359 g/mol. The van der Waals surface area contributed by atoms with Gasteiger partial charge in [0.15, 0.2) is 0 Å². The minimum atomic E-state index is -0.368. The molecule has 3 rings (SSSR count).